The van der Waals surface area contributed by atoms with Crippen molar-refractivity contribution < 1.29 is 19.1 Å². The molecule has 0 spiro atoms. The molecule has 0 fully saturated rings. The van der Waals surface area contributed by atoms with Gasteiger partial charge in [-0.3, -0.25) is 4.79 Å². The second kappa shape index (κ2) is 8.57. The van der Waals surface area contributed by atoms with Crippen molar-refractivity contribution in [3.63, 3.8) is 0 Å². The van der Waals surface area contributed by atoms with Crippen molar-refractivity contribution >= 4 is 28.2 Å². The van der Waals surface area contributed by atoms with Gasteiger partial charge in [0.15, 0.2) is 6.61 Å². The molecule has 3 rings (SSSR count). The first-order valence-electron chi connectivity index (χ1n) is 9.27. The van der Waals surface area contributed by atoms with E-state index in [4.69, 9.17) is 9.47 Å². The van der Waals surface area contributed by atoms with Gasteiger partial charge in [0, 0.05) is 4.88 Å². The fraction of sp³-hybridized carbons (Fsp3) is 0.429. The van der Waals surface area contributed by atoms with E-state index < -0.39 is 0 Å². The van der Waals surface area contributed by atoms with Crippen molar-refractivity contribution in [3.8, 4) is 5.75 Å². The van der Waals surface area contributed by atoms with Crippen LogP contribution in [0.3, 0.4) is 0 Å². The Morgan fingerprint density at radius 3 is 2.70 bits per heavy atom. The summed E-state index contributed by atoms with van der Waals surface area (Å²) in [6.07, 6.45) is 2.60. The standard InChI is InChI=1S/C21H25NO4S/c1-13(2)26-21(24)19-16-10-9-14(3)11-17(16)27-20(19)22-18(23)12-25-15-7-5-4-6-8-15/h4-8,13-14H,9-12H2,1-3H3,(H,22,23)/t14-/m0/s1. The molecule has 5 nitrogen and oxygen atoms in total. The lowest BCUT2D eigenvalue weighted by molar-refractivity contribution is -0.118. The van der Waals surface area contributed by atoms with Gasteiger partial charge in [-0.15, -0.1) is 11.3 Å². The fourth-order valence-electron chi connectivity index (χ4n) is 3.16. The third-order valence-electron chi connectivity index (χ3n) is 4.42. The topological polar surface area (TPSA) is 64.6 Å². The molecule has 0 saturated carbocycles. The van der Waals surface area contributed by atoms with Crippen LogP contribution in [-0.2, 0) is 22.4 Å². The number of amides is 1. The van der Waals surface area contributed by atoms with Gasteiger partial charge in [-0.25, -0.2) is 4.79 Å². The maximum absolute atomic E-state index is 12.7. The lowest BCUT2D eigenvalue weighted by atomic mass is 9.88. The minimum Gasteiger partial charge on any atom is -0.484 e. The number of nitrogens with one attached hydrogen (secondary N) is 1. The van der Waals surface area contributed by atoms with Crippen LogP contribution >= 0.6 is 11.3 Å². The minimum absolute atomic E-state index is 0.109. The smallest absolute Gasteiger partial charge is 0.341 e. The van der Waals surface area contributed by atoms with Crippen molar-refractivity contribution in [3.05, 3.63) is 46.3 Å². The van der Waals surface area contributed by atoms with E-state index in [-0.39, 0.29) is 24.6 Å². The number of hydrogen-bond donors (Lipinski definition) is 1. The number of para-hydroxylation sites is 1. The lowest BCUT2D eigenvalue weighted by Crippen LogP contribution is -2.22. The summed E-state index contributed by atoms with van der Waals surface area (Å²) < 4.78 is 10.9. The quantitative estimate of drug-likeness (QED) is 0.744. The van der Waals surface area contributed by atoms with Crippen molar-refractivity contribution in [2.75, 3.05) is 11.9 Å². The molecule has 6 heteroatoms. The predicted molar refractivity (Wildman–Crippen MR) is 107 cm³/mol. The zero-order chi connectivity index (χ0) is 19.4. The van der Waals surface area contributed by atoms with Crippen LogP contribution in [0.5, 0.6) is 5.75 Å². The fourth-order valence-corrected chi connectivity index (χ4v) is 4.57. The van der Waals surface area contributed by atoms with Crippen molar-refractivity contribution in [1.29, 1.82) is 0 Å². The SMILES string of the molecule is CC(C)OC(=O)c1c(NC(=O)COc2ccccc2)sc2c1CC[C@H](C)C2. The van der Waals surface area contributed by atoms with Crippen LogP contribution < -0.4 is 10.1 Å². The molecule has 0 saturated heterocycles. The van der Waals surface area contributed by atoms with E-state index in [9.17, 15) is 9.59 Å². The average Bonchev–Trinajstić information content (AvgIpc) is 2.97. The molecule has 0 unspecified atom stereocenters. The van der Waals surface area contributed by atoms with Crippen LogP contribution in [-0.4, -0.2) is 24.6 Å². The predicted octanol–water partition coefficient (Wildman–Crippen LogP) is 4.46. The number of fused-ring (bicyclic) bond motifs is 1. The van der Waals surface area contributed by atoms with Crippen molar-refractivity contribution in [1.82, 2.24) is 0 Å². The number of hydrogen-bond acceptors (Lipinski definition) is 5. The molecule has 0 aliphatic heterocycles. The molecule has 1 aliphatic rings. The van der Waals surface area contributed by atoms with E-state index >= 15 is 0 Å². The molecule has 1 aromatic carbocycles. The summed E-state index contributed by atoms with van der Waals surface area (Å²) in [5.41, 5.74) is 1.55. The number of thiophene rings is 1. The Hall–Kier alpha value is -2.34. The molecule has 144 valence electrons. The first-order chi connectivity index (χ1) is 12.9. The van der Waals surface area contributed by atoms with Gasteiger partial charge >= 0.3 is 5.97 Å². The van der Waals surface area contributed by atoms with Gasteiger partial charge in [0.05, 0.1) is 11.7 Å². The van der Waals surface area contributed by atoms with E-state index in [0.717, 1.165) is 24.8 Å². The molecule has 27 heavy (non-hydrogen) atoms. The lowest BCUT2D eigenvalue weighted by Gasteiger charge is -2.18. The highest BCUT2D eigenvalue weighted by Gasteiger charge is 2.29. The third-order valence-corrected chi connectivity index (χ3v) is 5.59. The normalized spacial score (nSPS) is 15.9. The molecule has 2 aromatic rings. The van der Waals surface area contributed by atoms with Gasteiger partial charge in [-0.2, -0.15) is 0 Å². The van der Waals surface area contributed by atoms with Gasteiger partial charge in [-0.05, 0) is 56.7 Å². The Kier molecular flexibility index (Phi) is 6.16. The molecular weight excluding hydrogens is 362 g/mol. The first-order valence-corrected chi connectivity index (χ1v) is 10.1. The highest BCUT2D eigenvalue weighted by Crippen LogP contribution is 2.40. The van der Waals surface area contributed by atoms with Gasteiger partial charge < -0.3 is 14.8 Å². The number of ether oxygens (including phenoxy) is 2. The highest BCUT2D eigenvalue weighted by molar-refractivity contribution is 7.17. The summed E-state index contributed by atoms with van der Waals surface area (Å²) >= 11 is 1.48. The average molecular weight is 388 g/mol. The Labute approximate surface area is 163 Å². The summed E-state index contributed by atoms with van der Waals surface area (Å²) in [5, 5.41) is 3.43. The van der Waals surface area contributed by atoms with E-state index in [1.54, 1.807) is 12.1 Å². The monoisotopic (exact) mass is 387 g/mol. The molecule has 1 amide bonds. The first kappa shape index (κ1) is 19.4. The van der Waals surface area contributed by atoms with Crippen LogP contribution in [0.4, 0.5) is 5.00 Å². The Morgan fingerprint density at radius 2 is 2.00 bits per heavy atom. The van der Waals surface area contributed by atoms with Crippen LogP contribution in [0.25, 0.3) is 0 Å². The van der Waals surface area contributed by atoms with Gasteiger partial charge in [-0.1, -0.05) is 25.1 Å². The van der Waals surface area contributed by atoms with E-state index in [0.29, 0.717) is 22.2 Å². The molecule has 1 heterocycles. The molecular formula is C21H25NO4S. The molecule has 1 atom stereocenters. The largest absolute Gasteiger partial charge is 0.484 e. The molecule has 1 aromatic heterocycles. The Morgan fingerprint density at radius 1 is 1.26 bits per heavy atom. The van der Waals surface area contributed by atoms with Gasteiger partial charge in [0.25, 0.3) is 5.91 Å². The van der Waals surface area contributed by atoms with Crippen molar-refractivity contribution in [2.24, 2.45) is 5.92 Å². The highest BCUT2D eigenvalue weighted by atomic mass is 32.1. The molecule has 0 radical (unpaired) electrons. The van der Waals surface area contributed by atoms with Gasteiger partial charge in [0.2, 0.25) is 0 Å². The van der Waals surface area contributed by atoms with Crippen LogP contribution in [0.15, 0.2) is 30.3 Å². The summed E-state index contributed by atoms with van der Waals surface area (Å²) in [4.78, 5) is 26.2. The summed E-state index contributed by atoms with van der Waals surface area (Å²) in [6, 6.07) is 9.17. The third kappa shape index (κ3) is 4.89. The van der Waals surface area contributed by atoms with Crippen LogP contribution in [0, 0.1) is 5.92 Å². The number of benzene rings is 1. The number of esters is 1. The summed E-state index contributed by atoms with van der Waals surface area (Å²) in [7, 11) is 0. The Bertz CT molecular complexity index is 813. The summed E-state index contributed by atoms with van der Waals surface area (Å²) in [6.45, 7) is 5.75. The zero-order valence-electron chi connectivity index (χ0n) is 15.9. The molecule has 1 N–H and O–H groups in total. The number of carbonyl (C=O) groups is 2. The van der Waals surface area contributed by atoms with Gasteiger partial charge in [0.1, 0.15) is 10.8 Å². The van der Waals surface area contributed by atoms with E-state index in [1.165, 1.54) is 16.2 Å². The second-order valence-electron chi connectivity index (χ2n) is 7.16. The zero-order valence-corrected chi connectivity index (χ0v) is 16.7. The second-order valence-corrected chi connectivity index (χ2v) is 8.27. The molecule has 0 bridgehead atoms. The van der Waals surface area contributed by atoms with Crippen LogP contribution in [0.1, 0.15) is 48.0 Å². The van der Waals surface area contributed by atoms with Crippen LogP contribution in [0.2, 0.25) is 0 Å². The van der Waals surface area contributed by atoms with E-state index in [2.05, 4.69) is 12.2 Å². The van der Waals surface area contributed by atoms with E-state index in [1.807, 2.05) is 32.0 Å². The maximum Gasteiger partial charge on any atom is 0.341 e. The molecule has 1 aliphatic carbocycles. The number of rotatable bonds is 6. The minimum atomic E-state index is -0.365. The number of carbonyl (C=O) groups excluding carboxylic acids is 2. The Balaban J connectivity index is 1.77. The van der Waals surface area contributed by atoms with Crippen molar-refractivity contribution in [2.45, 2.75) is 46.1 Å². The summed E-state index contributed by atoms with van der Waals surface area (Å²) in [5.74, 6) is 0.557. The maximum atomic E-state index is 12.7. The number of anilines is 1.